The third-order valence-corrected chi connectivity index (χ3v) is 5.62. The first kappa shape index (κ1) is 20.4. The van der Waals surface area contributed by atoms with Gasteiger partial charge in [-0.2, -0.15) is 13.2 Å². The zero-order valence-electron chi connectivity index (χ0n) is 13.4. The van der Waals surface area contributed by atoms with Crippen LogP contribution in [0.25, 0.3) is 0 Å². The summed E-state index contributed by atoms with van der Waals surface area (Å²) in [6, 6.07) is 3.19. The van der Waals surface area contributed by atoms with Crippen molar-refractivity contribution in [3.05, 3.63) is 53.1 Å². The van der Waals surface area contributed by atoms with Crippen molar-refractivity contribution < 1.29 is 49.0 Å². The third kappa shape index (κ3) is 3.20. The van der Waals surface area contributed by atoms with Crippen molar-refractivity contribution in [1.82, 2.24) is 0 Å². The van der Waals surface area contributed by atoms with Crippen LogP contribution in [0, 0.1) is 11.6 Å². The molecule has 1 aliphatic carbocycles. The minimum absolute atomic E-state index is 0.363. The van der Waals surface area contributed by atoms with Crippen LogP contribution in [0.2, 0.25) is 0 Å². The Morgan fingerprint density at radius 1 is 1.07 bits per heavy atom. The lowest BCUT2D eigenvalue weighted by Gasteiger charge is -2.17. The maximum absolute atomic E-state index is 13.9. The van der Waals surface area contributed by atoms with Gasteiger partial charge in [0.05, 0.1) is 4.90 Å². The van der Waals surface area contributed by atoms with E-state index in [4.69, 9.17) is 4.74 Å². The molecule has 0 saturated carbocycles. The van der Waals surface area contributed by atoms with E-state index in [1.807, 2.05) is 0 Å². The first-order valence-corrected chi connectivity index (χ1v) is 8.90. The van der Waals surface area contributed by atoms with Crippen molar-refractivity contribution in [1.29, 1.82) is 0 Å². The average Bonchev–Trinajstić information content (AvgIpc) is 2.81. The fourth-order valence-corrected chi connectivity index (χ4v) is 3.79. The van der Waals surface area contributed by atoms with Gasteiger partial charge in [0.25, 0.3) is 15.8 Å². The van der Waals surface area contributed by atoms with Gasteiger partial charge in [-0.25, -0.2) is 26.0 Å². The van der Waals surface area contributed by atoms with Crippen LogP contribution in [-0.4, -0.2) is 25.0 Å². The number of hydrogen-bond acceptors (Lipinski definition) is 4. The summed E-state index contributed by atoms with van der Waals surface area (Å²) in [6.45, 7) is 0. The fraction of sp³-hybridized carbons (Fsp3) is 0.250. The van der Waals surface area contributed by atoms with Crippen LogP contribution in [0.1, 0.15) is 17.2 Å². The van der Waals surface area contributed by atoms with Gasteiger partial charge in [0.15, 0.2) is 11.6 Å². The lowest BCUT2D eigenvalue weighted by molar-refractivity contribution is -0.0978. The number of fused-ring (bicyclic) bond motifs is 1. The van der Waals surface area contributed by atoms with Crippen LogP contribution in [-0.2, 0) is 16.3 Å². The third-order valence-electron chi connectivity index (χ3n) is 4.07. The van der Waals surface area contributed by atoms with Crippen LogP contribution in [0.15, 0.2) is 35.2 Å². The Morgan fingerprint density at radius 3 is 2.29 bits per heavy atom. The molecule has 1 aliphatic rings. The van der Waals surface area contributed by atoms with E-state index in [0.717, 1.165) is 6.07 Å². The van der Waals surface area contributed by atoms with E-state index < -0.39 is 67.2 Å². The van der Waals surface area contributed by atoms with Crippen LogP contribution < -0.4 is 4.74 Å². The summed E-state index contributed by atoms with van der Waals surface area (Å²) in [6.07, 6.45) is -4.15. The second-order valence-corrected chi connectivity index (χ2v) is 7.83. The maximum Gasteiger partial charge on any atom is 0.501 e. The highest BCUT2D eigenvalue weighted by atomic mass is 32.2. The predicted octanol–water partition coefficient (Wildman–Crippen LogP) is 4.28. The molecule has 0 aromatic heterocycles. The summed E-state index contributed by atoms with van der Waals surface area (Å²) in [7, 11) is -6.05. The van der Waals surface area contributed by atoms with E-state index in [1.165, 1.54) is 0 Å². The normalized spacial score (nSPS) is 18.8. The summed E-state index contributed by atoms with van der Waals surface area (Å²) < 4.78 is 121. The van der Waals surface area contributed by atoms with E-state index in [1.54, 1.807) is 0 Å². The first-order chi connectivity index (χ1) is 12.8. The summed E-state index contributed by atoms with van der Waals surface area (Å²) in [5, 5.41) is 9.74. The van der Waals surface area contributed by atoms with Crippen molar-refractivity contribution >= 4 is 9.84 Å². The number of rotatable bonds is 3. The molecule has 2 aromatic carbocycles. The molecule has 0 amide bonds. The largest absolute Gasteiger partial charge is 0.501 e. The number of alkyl halides is 5. The summed E-state index contributed by atoms with van der Waals surface area (Å²) in [4.78, 5) is -1.53. The van der Waals surface area contributed by atoms with E-state index in [-0.39, 0.29) is 5.75 Å². The molecule has 0 heterocycles. The Labute approximate surface area is 153 Å². The lowest BCUT2D eigenvalue weighted by Crippen LogP contribution is -2.26. The second kappa shape index (κ2) is 6.34. The highest BCUT2D eigenvalue weighted by Gasteiger charge is 2.55. The van der Waals surface area contributed by atoms with E-state index >= 15 is 0 Å². The standard InChI is InChI=1S/C16H9F7O4S/c17-9-2-1-7(5-10(9)18)27-11-3-4-12(28(25,26)16(21,22)23)13-8(11)6-15(19,20)14(13)24/h1-5,14,24H,6H2. The number of aliphatic hydroxyl groups is 1. The molecule has 152 valence electrons. The molecule has 0 spiro atoms. The molecule has 1 N–H and O–H groups in total. The van der Waals surface area contributed by atoms with Gasteiger partial charge in [-0.15, -0.1) is 0 Å². The molecule has 12 heteroatoms. The van der Waals surface area contributed by atoms with Gasteiger partial charge in [-0.05, 0) is 24.3 Å². The smallest absolute Gasteiger partial charge is 0.457 e. The molecule has 0 saturated heterocycles. The number of sulfone groups is 1. The van der Waals surface area contributed by atoms with Crippen molar-refractivity contribution in [3.63, 3.8) is 0 Å². The molecule has 1 unspecified atom stereocenters. The monoisotopic (exact) mass is 430 g/mol. The average molecular weight is 430 g/mol. The van der Waals surface area contributed by atoms with E-state index in [9.17, 15) is 44.3 Å². The summed E-state index contributed by atoms with van der Waals surface area (Å²) in [5.41, 5.74) is -7.63. The highest BCUT2D eigenvalue weighted by Crippen LogP contribution is 2.51. The summed E-state index contributed by atoms with van der Waals surface area (Å²) >= 11 is 0. The molecule has 0 aliphatic heterocycles. The van der Waals surface area contributed by atoms with Crippen LogP contribution in [0.4, 0.5) is 30.7 Å². The van der Waals surface area contributed by atoms with Gasteiger partial charge in [-0.1, -0.05) is 0 Å². The number of ether oxygens (including phenoxy) is 1. The van der Waals surface area contributed by atoms with Gasteiger partial charge < -0.3 is 9.84 Å². The molecule has 3 rings (SSSR count). The Hall–Kier alpha value is -2.34. The zero-order valence-corrected chi connectivity index (χ0v) is 14.2. The molecule has 0 bridgehead atoms. The molecule has 28 heavy (non-hydrogen) atoms. The Bertz CT molecular complexity index is 1050. The maximum atomic E-state index is 13.9. The van der Waals surface area contributed by atoms with Gasteiger partial charge in [0.2, 0.25) is 0 Å². The fourth-order valence-electron chi connectivity index (χ4n) is 2.77. The molecule has 0 fully saturated rings. The minimum Gasteiger partial charge on any atom is -0.457 e. The van der Waals surface area contributed by atoms with Crippen molar-refractivity contribution in [2.45, 2.75) is 28.9 Å². The molecule has 0 radical (unpaired) electrons. The van der Waals surface area contributed by atoms with Crippen LogP contribution in [0.5, 0.6) is 11.5 Å². The lowest BCUT2D eigenvalue weighted by atomic mass is 10.1. The number of benzene rings is 2. The van der Waals surface area contributed by atoms with Gasteiger partial charge in [0, 0.05) is 23.6 Å². The molecule has 1 atom stereocenters. The van der Waals surface area contributed by atoms with Crippen molar-refractivity contribution in [2.24, 2.45) is 0 Å². The number of aliphatic hydroxyl groups excluding tert-OH is 1. The Balaban J connectivity index is 2.17. The SMILES string of the molecule is O=S(=O)(c1ccc(Oc2ccc(F)c(F)c2)c2c1C(O)C(F)(F)C2)C(F)(F)F. The Kier molecular flexibility index (Phi) is 4.62. The quantitative estimate of drug-likeness (QED) is 0.739. The topological polar surface area (TPSA) is 63.6 Å². The minimum atomic E-state index is -6.05. The molecule has 2 aromatic rings. The Morgan fingerprint density at radius 2 is 1.71 bits per heavy atom. The van der Waals surface area contributed by atoms with Crippen molar-refractivity contribution in [2.75, 3.05) is 0 Å². The molecule has 4 nitrogen and oxygen atoms in total. The van der Waals surface area contributed by atoms with Gasteiger partial charge >= 0.3 is 5.51 Å². The predicted molar refractivity (Wildman–Crippen MR) is 79.7 cm³/mol. The van der Waals surface area contributed by atoms with Gasteiger partial charge in [0.1, 0.15) is 17.6 Å². The number of hydrogen-bond donors (Lipinski definition) is 1. The van der Waals surface area contributed by atoms with Crippen LogP contribution >= 0.6 is 0 Å². The molecular weight excluding hydrogens is 421 g/mol. The molecular formula is C16H9F7O4S. The second-order valence-electron chi connectivity index (χ2n) is 5.92. The number of halogens is 7. The highest BCUT2D eigenvalue weighted by molar-refractivity contribution is 7.92. The van der Waals surface area contributed by atoms with E-state index in [0.29, 0.717) is 24.3 Å². The van der Waals surface area contributed by atoms with Crippen molar-refractivity contribution in [3.8, 4) is 11.5 Å². The van der Waals surface area contributed by atoms with E-state index in [2.05, 4.69) is 0 Å². The summed E-state index contributed by atoms with van der Waals surface area (Å²) in [5.74, 6) is -7.44. The van der Waals surface area contributed by atoms with Crippen LogP contribution in [0.3, 0.4) is 0 Å². The van der Waals surface area contributed by atoms with Gasteiger partial charge in [-0.3, -0.25) is 0 Å². The first-order valence-electron chi connectivity index (χ1n) is 7.41. The zero-order chi connectivity index (χ0) is 21.1.